The second kappa shape index (κ2) is 9.24. The number of carbonyl (C=O) groups is 2. The molecule has 3 aromatic rings. The third-order valence-electron chi connectivity index (χ3n) is 4.57. The van der Waals surface area contributed by atoms with Crippen LogP contribution >= 0.6 is 0 Å². The summed E-state index contributed by atoms with van der Waals surface area (Å²) in [7, 11) is 3.17. The molecule has 31 heavy (non-hydrogen) atoms. The highest BCUT2D eigenvalue weighted by atomic mass is 19.1. The van der Waals surface area contributed by atoms with Gasteiger partial charge in [0.2, 0.25) is 11.7 Å². The Balaban J connectivity index is 1.62. The van der Waals surface area contributed by atoms with Gasteiger partial charge in [-0.2, -0.15) is 0 Å². The highest BCUT2D eigenvalue weighted by molar-refractivity contribution is 5.99. The summed E-state index contributed by atoms with van der Waals surface area (Å²) < 4.78 is 20.1. The Morgan fingerprint density at radius 1 is 1.19 bits per heavy atom. The van der Waals surface area contributed by atoms with Crippen LogP contribution in [0.1, 0.15) is 34.7 Å². The van der Waals surface area contributed by atoms with E-state index in [1.54, 1.807) is 44.4 Å². The Morgan fingerprint density at radius 3 is 2.61 bits per heavy atom. The zero-order chi connectivity index (χ0) is 22.5. The van der Waals surface area contributed by atoms with Crippen molar-refractivity contribution in [1.29, 1.82) is 0 Å². The summed E-state index contributed by atoms with van der Waals surface area (Å²) in [6, 6.07) is 6.96. The molecule has 2 aromatic heterocycles. The number of imidazole rings is 1. The Labute approximate surface area is 178 Å². The summed E-state index contributed by atoms with van der Waals surface area (Å²) in [5.74, 6) is -0.0640. The highest BCUT2D eigenvalue weighted by Crippen LogP contribution is 2.16. The van der Waals surface area contributed by atoms with Crippen molar-refractivity contribution in [3.8, 4) is 5.88 Å². The summed E-state index contributed by atoms with van der Waals surface area (Å²) in [6.07, 6.45) is 3.12. The minimum atomic E-state index is -0.606. The van der Waals surface area contributed by atoms with Crippen molar-refractivity contribution < 1.29 is 18.7 Å². The first-order valence-corrected chi connectivity index (χ1v) is 9.45. The highest BCUT2D eigenvalue weighted by Gasteiger charge is 2.18. The maximum Gasteiger partial charge on any atom is 0.324 e. The van der Waals surface area contributed by atoms with Crippen molar-refractivity contribution in [3.63, 3.8) is 0 Å². The van der Waals surface area contributed by atoms with Crippen molar-refractivity contribution in [2.75, 3.05) is 17.7 Å². The number of hydrogen-bond donors (Lipinski definition) is 3. The minimum Gasteiger partial charge on any atom is -0.481 e. The fourth-order valence-corrected chi connectivity index (χ4v) is 2.80. The molecule has 0 fully saturated rings. The van der Waals surface area contributed by atoms with Crippen LogP contribution in [0.2, 0.25) is 0 Å². The predicted octanol–water partition coefficient (Wildman–Crippen LogP) is 3.41. The molecule has 3 rings (SSSR count). The molecule has 0 saturated carbocycles. The number of amides is 3. The van der Waals surface area contributed by atoms with Crippen LogP contribution in [0, 0.1) is 12.7 Å². The Kier molecular flexibility index (Phi) is 6.49. The number of hydrogen-bond acceptors (Lipinski definition) is 5. The van der Waals surface area contributed by atoms with Crippen LogP contribution < -0.4 is 20.7 Å². The molecule has 0 spiro atoms. The van der Waals surface area contributed by atoms with Gasteiger partial charge in [0.1, 0.15) is 5.82 Å². The average Bonchev–Trinajstić information content (AvgIpc) is 3.10. The summed E-state index contributed by atoms with van der Waals surface area (Å²) >= 11 is 0. The molecule has 3 amide bonds. The van der Waals surface area contributed by atoms with Gasteiger partial charge in [-0.25, -0.2) is 19.2 Å². The van der Waals surface area contributed by atoms with Gasteiger partial charge in [0, 0.05) is 31.2 Å². The van der Waals surface area contributed by atoms with E-state index in [-0.39, 0.29) is 17.7 Å². The lowest BCUT2D eigenvalue weighted by atomic mass is 10.1. The minimum absolute atomic E-state index is 0.116. The lowest BCUT2D eigenvalue weighted by molar-refractivity contribution is 0.0926. The third kappa shape index (κ3) is 5.35. The van der Waals surface area contributed by atoms with E-state index in [0.29, 0.717) is 17.1 Å². The lowest BCUT2D eigenvalue weighted by Crippen LogP contribution is -2.29. The van der Waals surface area contributed by atoms with Crippen LogP contribution in [0.5, 0.6) is 5.88 Å². The first-order valence-electron chi connectivity index (χ1n) is 9.45. The molecular formula is C21H23FN6O3. The molecule has 1 atom stereocenters. The number of urea groups is 1. The Hall–Kier alpha value is -3.95. The molecule has 0 bridgehead atoms. The van der Waals surface area contributed by atoms with Crippen molar-refractivity contribution >= 4 is 23.4 Å². The van der Waals surface area contributed by atoms with E-state index in [1.165, 1.54) is 23.9 Å². The van der Waals surface area contributed by atoms with Gasteiger partial charge in [-0.3, -0.25) is 10.1 Å². The molecule has 0 aliphatic heterocycles. The molecule has 0 aliphatic rings. The number of methoxy groups -OCH3 is 1. The molecule has 1 aromatic carbocycles. The maximum absolute atomic E-state index is 13.6. The smallest absolute Gasteiger partial charge is 0.324 e. The van der Waals surface area contributed by atoms with Crippen LogP contribution in [0.25, 0.3) is 0 Å². The average molecular weight is 426 g/mol. The van der Waals surface area contributed by atoms with E-state index in [2.05, 4.69) is 25.9 Å². The van der Waals surface area contributed by atoms with E-state index in [4.69, 9.17) is 4.74 Å². The van der Waals surface area contributed by atoms with Crippen LogP contribution in [0.15, 0.2) is 42.7 Å². The second-order valence-corrected chi connectivity index (χ2v) is 6.93. The number of pyridine rings is 1. The molecule has 0 saturated heterocycles. The number of carbonyl (C=O) groups excluding carboxylic acids is 2. The molecular weight excluding hydrogens is 403 g/mol. The van der Waals surface area contributed by atoms with Crippen molar-refractivity contribution in [2.45, 2.75) is 19.9 Å². The lowest BCUT2D eigenvalue weighted by Gasteiger charge is -2.14. The van der Waals surface area contributed by atoms with Gasteiger partial charge >= 0.3 is 6.03 Å². The van der Waals surface area contributed by atoms with E-state index in [9.17, 15) is 14.0 Å². The molecule has 10 heteroatoms. The van der Waals surface area contributed by atoms with Gasteiger partial charge in [0.05, 0.1) is 13.2 Å². The van der Waals surface area contributed by atoms with Gasteiger partial charge in [-0.1, -0.05) is 12.1 Å². The fourth-order valence-electron chi connectivity index (χ4n) is 2.80. The summed E-state index contributed by atoms with van der Waals surface area (Å²) in [5, 5.41) is 7.89. The number of benzene rings is 1. The van der Waals surface area contributed by atoms with E-state index < -0.39 is 17.8 Å². The molecule has 0 radical (unpaired) electrons. The quantitative estimate of drug-likeness (QED) is 0.560. The summed E-state index contributed by atoms with van der Waals surface area (Å²) in [5.41, 5.74) is 1.58. The van der Waals surface area contributed by atoms with Gasteiger partial charge in [0.15, 0.2) is 5.82 Å². The van der Waals surface area contributed by atoms with Gasteiger partial charge < -0.3 is 19.9 Å². The molecule has 162 valence electrons. The molecule has 0 aliphatic carbocycles. The van der Waals surface area contributed by atoms with Gasteiger partial charge in [-0.05, 0) is 37.1 Å². The van der Waals surface area contributed by atoms with Crippen molar-refractivity contribution in [3.05, 3.63) is 65.5 Å². The molecule has 9 nitrogen and oxygen atoms in total. The third-order valence-corrected chi connectivity index (χ3v) is 4.57. The summed E-state index contributed by atoms with van der Waals surface area (Å²) in [4.78, 5) is 33.1. The van der Waals surface area contributed by atoms with E-state index in [1.807, 2.05) is 6.92 Å². The SMILES string of the molecule is COc1ccc(C(C)NC(=O)c2nc(NC(=O)Nc3ccc(C)c(F)c3)cn2C)cn1. The first-order chi connectivity index (χ1) is 14.8. The summed E-state index contributed by atoms with van der Waals surface area (Å²) in [6.45, 7) is 3.45. The first kappa shape index (κ1) is 21.8. The number of nitrogens with zero attached hydrogens (tertiary/aromatic N) is 3. The van der Waals surface area contributed by atoms with Crippen LogP contribution in [0.4, 0.5) is 20.7 Å². The number of anilines is 2. The molecule has 2 heterocycles. The number of ether oxygens (including phenoxy) is 1. The topological polar surface area (TPSA) is 110 Å². The number of halogens is 1. The molecule has 3 N–H and O–H groups in total. The number of aryl methyl sites for hydroxylation is 2. The standard InChI is InChI=1S/C21H23FN6O3/c1-12-5-7-15(9-16(12)22)25-21(30)27-17-11-28(3)19(26-17)20(29)24-13(2)14-6-8-18(31-4)23-10-14/h5-11,13H,1-4H3,(H,24,29)(H2,25,27,30). The Morgan fingerprint density at radius 2 is 1.97 bits per heavy atom. The predicted molar refractivity (Wildman–Crippen MR) is 114 cm³/mol. The van der Waals surface area contributed by atoms with Crippen LogP contribution in [-0.4, -0.2) is 33.6 Å². The van der Waals surface area contributed by atoms with E-state index >= 15 is 0 Å². The van der Waals surface area contributed by atoms with Crippen LogP contribution in [-0.2, 0) is 7.05 Å². The van der Waals surface area contributed by atoms with Crippen molar-refractivity contribution in [2.24, 2.45) is 7.05 Å². The number of nitrogens with one attached hydrogen (secondary N) is 3. The van der Waals surface area contributed by atoms with Crippen molar-refractivity contribution in [1.82, 2.24) is 19.9 Å². The zero-order valence-corrected chi connectivity index (χ0v) is 17.6. The largest absolute Gasteiger partial charge is 0.481 e. The number of aromatic nitrogens is 3. The normalized spacial score (nSPS) is 11.5. The van der Waals surface area contributed by atoms with Crippen LogP contribution in [0.3, 0.4) is 0 Å². The second-order valence-electron chi connectivity index (χ2n) is 6.93. The number of rotatable bonds is 6. The van der Waals surface area contributed by atoms with Gasteiger partial charge in [-0.15, -0.1) is 0 Å². The van der Waals surface area contributed by atoms with Gasteiger partial charge in [0.25, 0.3) is 5.91 Å². The monoisotopic (exact) mass is 426 g/mol. The fraction of sp³-hybridized carbons (Fsp3) is 0.238. The Bertz CT molecular complexity index is 1100. The molecule has 1 unspecified atom stereocenters. The van der Waals surface area contributed by atoms with E-state index in [0.717, 1.165) is 5.56 Å². The zero-order valence-electron chi connectivity index (χ0n) is 17.6. The maximum atomic E-state index is 13.6.